The molecule has 272 valence electrons. The Bertz CT molecular complexity index is 930. The SMILES string of the molecule is CCCCCC[C@]1(CC(=O)NC(CO[C@H]2OC(CO)[C@H](C)C(O)[C@H]2O)CO[C@H]2OC(CO)[C@H](O)C(O)[C@H]2O)C2C[C@@H]3C[C@H](C2)C[C@@H]1C3. The Morgan fingerprint density at radius 2 is 1.32 bits per heavy atom. The molecule has 0 radical (unpaired) electrons. The largest absolute Gasteiger partial charge is 0.394 e. The zero-order chi connectivity index (χ0) is 33.9. The van der Waals surface area contributed by atoms with Crippen molar-refractivity contribution in [2.45, 2.75) is 146 Å². The second kappa shape index (κ2) is 16.4. The van der Waals surface area contributed by atoms with E-state index in [9.17, 15) is 40.5 Å². The Balaban J connectivity index is 1.28. The predicted octanol–water partition coefficient (Wildman–Crippen LogP) is 0.182. The molecular formula is C34H59NO12. The normalized spacial score (nSPS) is 45.2. The first-order valence-corrected chi connectivity index (χ1v) is 18.0. The lowest BCUT2D eigenvalue weighted by atomic mass is 9.43. The van der Waals surface area contributed by atoms with Gasteiger partial charge >= 0.3 is 0 Å². The van der Waals surface area contributed by atoms with Gasteiger partial charge in [0.1, 0.15) is 30.5 Å². The van der Waals surface area contributed by atoms with Crippen molar-refractivity contribution in [3.63, 3.8) is 0 Å². The molecule has 11 atom stereocenters. The fourth-order valence-electron chi connectivity index (χ4n) is 9.54. The van der Waals surface area contributed by atoms with E-state index in [1.807, 2.05) is 0 Å². The van der Waals surface area contributed by atoms with E-state index in [2.05, 4.69) is 12.2 Å². The van der Waals surface area contributed by atoms with Gasteiger partial charge in [0, 0.05) is 12.3 Å². The van der Waals surface area contributed by atoms with Crippen molar-refractivity contribution in [1.82, 2.24) is 5.32 Å². The third kappa shape index (κ3) is 8.17. The van der Waals surface area contributed by atoms with Crippen molar-refractivity contribution in [3.8, 4) is 0 Å². The number of hydrogen-bond acceptors (Lipinski definition) is 12. The number of aliphatic hydroxyl groups is 7. The maximum absolute atomic E-state index is 14.0. The number of ether oxygens (including phenoxy) is 4. The number of unbranched alkanes of at least 4 members (excludes halogenated alkanes) is 3. The molecule has 6 fully saturated rings. The highest BCUT2D eigenvalue weighted by Crippen LogP contribution is 2.65. The first-order valence-electron chi connectivity index (χ1n) is 18.0. The van der Waals surface area contributed by atoms with Crippen molar-refractivity contribution < 1.29 is 59.5 Å². The zero-order valence-corrected chi connectivity index (χ0v) is 27.9. The Kier molecular flexibility index (Phi) is 13.0. The Labute approximate surface area is 277 Å². The topological polar surface area (TPSA) is 208 Å². The molecule has 4 saturated carbocycles. The maximum atomic E-state index is 14.0. The van der Waals surface area contributed by atoms with Crippen LogP contribution < -0.4 is 5.32 Å². The van der Waals surface area contributed by atoms with Gasteiger partial charge in [-0.05, 0) is 67.6 Å². The second-order valence-corrected chi connectivity index (χ2v) is 15.2. The number of nitrogens with one attached hydrogen (secondary N) is 1. The summed E-state index contributed by atoms with van der Waals surface area (Å²) >= 11 is 0. The highest BCUT2D eigenvalue weighted by Gasteiger charge is 2.57. The highest BCUT2D eigenvalue weighted by atomic mass is 16.7. The quantitative estimate of drug-likeness (QED) is 0.103. The van der Waals surface area contributed by atoms with Gasteiger partial charge in [0.2, 0.25) is 5.91 Å². The third-order valence-electron chi connectivity index (χ3n) is 12.1. The van der Waals surface area contributed by atoms with Crippen molar-refractivity contribution in [2.75, 3.05) is 26.4 Å². The van der Waals surface area contributed by atoms with Gasteiger partial charge in [-0.1, -0.05) is 39.5 Å². The first-order chi connectivity index (χ1) is 22.5. The molecule has 13 nitrogen and oxygen atoms in total. The van der Waals surface area contributed by atoms with Crippen LogP contribution in [0.2, 0.25) is 0 Å². The van der Waals surface area contributed by atoms with Gasteiger partial charge in [-0.2, -0.15) is 0 Å². The van der Waals surface area contributed by atoms with Gasteiger partial charge in [-0.3, -0.25) is 4.79 Å². The van der Waals surface area contributed by atoms with E-state index >= 15 is 0 Å². The van der Waals surface area contributed by atoms with E-state index in [1.165, 1.54) is 38.5 Å². The zero-order valence-electron chi connectivity index (χ0n) is 27.9. The molecule has 8 N–H and O–H groups in total. The van der Waals surface area contributed by atoms with Crippen LogP contribution in [0.3, 0.4) is 0 Å². The highest BCUT2D eigenvalue weighted by molar-refractivity contribution is 5.77. The van der Waals surface area contributed by atoms with Crippen molar-refractivity contribution in [2.24, 2.45) is 35.0 Å². The average Bonchev–Trinajstić information content (AvgIpc) is 3.05. The summed E-state index contributed by atoms with van der Waals surface area (Å²) in [6.45, 7) is 2.43. The summed E-state index contributed by atoms with van der Waals surface area (Å²) in [5, 5.41) is 74.5. The number of amides is 1. The monoisotopic (exact) mass is 673 g/mol. The Hall–Kier alpha value is -0.970. The van der Waals surface area contributed by atoms with Gasteiger partial charge in [-0.15, -0.1) is 0 Å². The van der Waals surface area contributed by atoms with Crippen molar-refractivity contribution in [1.29, 1.82) is 0 Å². The molecule has 0 aromatic rings. The van der Waals surface area contributed by atoms with Crippen molar-refractivity contribution >= 4 is 5.91 Å². The minimum atomic E-state index is -1.62. The fourth-order valence-corrected chi connectivity index (χ4v) is 9.54. The molecule has 1 amide bonds. The van der Waals surface area contributed by atoms with Crippen LogP contribution >= 0.6 is 0 Å². The summed E-state index contributed by atoms with van der Waals surface area (Å²) in [6, 6.07) is -0.816. The summed E-state index contributed by atoms with van der Waals surface area (Å²) in [5.74, 6) is 1.90. The van der Waals surface area contributed by atoms with E-state index in [0.717, 1.165) is 37.5 Å². The third-order valence-corrected chi connectivity index (χ3v) is 12.1. The molecule has 0 spiro atoms. The molecule has 0 aromatic heterocycles. The standard InChI is InChI=1S/C34H59NO12/c1-3-4-5-6-7-34(21-9-19-8-20(11-21)12-22(34)10-19)13-26(38)35-23(16-44-32-30(42)27(39)18(2)24(14-36)46-32)17-45-33-31(43)29(41)28(40)25(15-37)47-33/h18-25,27-33,36-37,39-43H,3-17H2,1-2H3,(H,35,38)/t18-,19-,20+,21+,22?,23?,24?,25?,27?,28-,29?,30+,31+,32-,33-,34+/m0/s1. The summed E-state index contributed by atoms with van der Waals surface area (Å²) in [5.41, 5.74) is -0.0634. The first kappa shape index (κ1) is 37.3. The second-order valence-electron chi connectivity index (χ2n) is 15.2. The van der Waals surface area contributed by atoms with Crippen molar-refractivity contribution in [3.05, 3.63) is 0 Å². The summed E-state index contributed by atoms with van der Waals surface area (Å²) < 4.78 is 22.9. The summed E-state index contributed by atoms with van der Waals surface area (Å²) in [4.78, 5) is 14.0. The van der Waals surface area contributed by atoms with Gasteiger partial charge in [0.25, 0.3) is 0 Å². The van der Waals surface area contributed by atoms with Gasteiger partial charge in [-0.25, -0.2) is 0 Å². The van der Waals surface area contributed by atoms with Crippen LogP contribution in [0.25, 0.3) is 0 Å². The van der Waals surface area contributed by atoms with E-state index < -0.39 is 73.9 Å². The molecule has 2 aliphatic heterocycles. The van der Waals surface area contributed by atoms with Crippen LogP contribution in [0.1, 0.15) is 84.5 Å². The molecule has 6 rings (SSSR count). The molecular weight excluding hydrogens is 614 g/mol. The smallest absolute Gasteiger partial charge is 0.220 e. The lowest BCUT2D eigenvalue weighted by Crippen LogP contribution is -2.60. The molecule has 5 unspecified atom stereocenters. The average molecular weight is 674 g/mol. The minimum Gasteiger partial charge on any atom is -0.394 e. The van der Waals surface area contributed by atoms with Crippen LogP contribution in [0.5, 0.6) is 0 Å². The number of carbonyl (C=O) groups excluding carboxylic acids is 1. The fraction of sp³-hybridized carbons (Fsp3) is 0.971. The Morgan fingerprint density at radius 3 is 1.87 bits per heavy atom. The molecule has 4 bridgehead atoms. The molecule has 13 heteroatoms. The lowest BCUT2D eigenvalue weighted by Gasteiger charge is -2.61. The predicted molar refractivity (Wildman–Crippen MR) is 167 cm³/mol. The van der Waals surface area contributed by atoms with Crippen LogP contribution in [-0.4, -0.2) is 129 Å². The van der Waals surface area contributed by atoms with Crippen LogP contribution in [0.4, 0.5) is 0 Å². The summed E-state index contributed by atoms with van der Waals surface area (Å²) in [7, 11) is 0. The molecule has 4 aliphatic carbocycles. The van der Waals surface area contributed by atoms with Gasteiger partial charge < -0.3 is 60.0 Å². The van der Waals surface area contributed by atoms with Gasteiger partial charge in [0.15, 0.2) is 12.6 Å². The Morgan fingerprint density at radius 1 is 0.766 bits per heavy atom. The molecule has 6 aliphatic rings. The number of carbonyl (C=O) groups is 1. The number of aliphatic hydroxyl groups excluding tert-OH is 7. The van der Waals surface area contributed by atoms with Crippen LogP contribution in [0.15, 0.2) is 0 Å². The molecule has 0 aromatic carbocycles. The molecule has 2 saturated heterocycles. The van der Waals surface area contributed by atoms with E-state index in [0.29, 0.717) is 18.3 Å². The summed E-state index contributed by atoms with van der Waals surface area (Å²) in [6.07, 6.45) is 0.0712. The maximum Gasteiger partial charge on any atom is 0.220 e. The van der Waals surface area contributed by atoms with Crippen LogP contribution in [0, 0.1) is 35.0 Å². The number of rotatable bonds is 16. The van der Waals surface area contributed by atoms with E-state index in [1.54, 1.807) is 6.92 Å². The van der Waals surface area contributed by atoms with Crippen LogP contribution in [-0.2, 0) is 23.7 Å². The molecule has 47 heavy (non-hydrogen) atoms. The molecule has 2 heterocycles. The minimum absolute atomic E-state index is 0.0634. The number of hydrogen-bond donors (Lipinski definition) is 8. The van der Waals surface area contributed by atoms with Gasteiger partial charge in [0.05, 0.1) is 44.7 Å². The lowest BCUT2D eigenvalue weighted by molar-refractivity contribution is -0.306. The van der Waals surface area contributed by atoms with E-state index in [4.69, 9.17) is 18.9 Å². The van der Waals surface area contributed by atoms with E-state index in [-0.39, 0.29) is 31.1 Å².